The average molecular weight is 280 g/mol. The number of ether oxygens (including phenoxy) is 1. The third-order valence-corrected chi connectivity index (χ3v) is 2.94. The van der Waals surface area contributed by atoms with E-state index in [4.69, 9.17) is 15.7 Å². The molecule has 0 amide bonds. The van der Waals surface area contributed by atoms with Crippen LogP contribution in [-0.2, 0) is 0 Å². The van der Waals surface area contributed by atoms with Gasteiger partial charge in [-0.25, -0.2) is 4.98 Å². The van der Waals surface area contributed by atoms with Crippen LogP contribution in [0.15, 0.2) is 60.0 Å². The topological polar surface area (TPSA) is 93.6 Å². The lowest BCUT2D eigenvalue weighted by Gasteiger charge is -2.08. The number of nitrogens with zero attached hydrogens (tertiary/aromatic N) is 3. The van der Waals surface area contributed by atoms with Gasteiger partial charge in [-0.15, -0.1) is 0 Å². The number of fused-ring (bicyclic) bond motifs is 1. The summed E-state index contributed by atoms with van der Waals surface area (Å²) >= 11 is 0. The van der Waals surface area contributed by atoms with E-state index in [-0.39, 0.29) is 5.84 Å². The molecule has 2 aromatic heterocycles. The summed E-state index contributed by atoms with van der Waals surface area (Å²) in [4.78, 5) is 8.35. The monoisotopic (exact) mass is 280 g/mol. The molecule has 0 aliphatic heterocycles. The fraction of sp³-hybridized carbons (Fsp3) is 0. The van der Waals surface area contributed by atoms with Gasteiger partial charge < -0.3 is 15.7 Å². The Morgan fingerprint density at radius 1 is 1.10 bits per heavy atom. The van der Waals surface area contributed by atoms with Crippen molar-refractivity contribution < 1.29 is 9.94 Å². The maximum atomic E-state index is 8.60. The summed E-state index contributed by atoms with van der Waals surface area (Å²) < 4.78 is 5.81. The van der Waals surface area contributed by atoms with Crippen molar-refractivity contribution in [2.75, 3.05) is 0 Å². The SMILES string of the molecule is N/C(=N/O)c1ccc(Oc2cccc3ncccc23)cn1. The van der Waals surface area contributed by atoms with E-state index < -0.39 is 0 Å². The summed E-state index contributed by atoms with van der Waals surface area (Å²) in [6.07, 6.45) is 3.25. The van der Waals surface area contributed by atoms with Crippen LogP contribution < -0.4 is 10.5 Å². The highest BCUT2D eigenvalue weighted by atomic mass is 16.5. The van der Waals surface area contributed by atoms with Crippen molar-refractivity contribution in [3.63, 3.8) is 0 Å². The predicted octanol–water partition coefficient (Wildman–Crippen LogP) is 2.52. The lowest BCUT2D eigenvalue weighted by atomic mass is 10.2. The molecule has 0 atom stereocenters. The Hall–Kier alpha value is -3.15. The van der Waals surface area contributed by atoms with Gasteiger partial charge in [-0.3, -0.25) is 4.98 Å². The molecule has 0 aliphatic carbocycles. The fourth-order valence-electron chi connectivity index (χ4n) is 1.93. The molecule has 0 saturated heterocycles. The highest BCUT2D eigenvalue weighted by Gasteiger charge is 2.05. The lowest BCUT2D eigenvalue weighted by molar-refractivity contribution is 0.318. The van der Waals surface area contributed by atoms with Crippen LogP contribution in [0.3, 0.4) is 0 Å². The van der Waals surface area contributed by atoms with E-state index in [1.54, 1.807) is 18.3 Å². The molecule has 0 saturated carbocycles. The standard InChI is InChI=1S/C15H12N4O2/c16-15(19-20)13-7-6-10(9-18-13)21-14-5-1-4-12-11(14)3-2-8-17-12/h1-9,20H,(H2,16,19). The zero-order valence-electron chi connectivity index (χ0n) is 11.0. The molecule has 0 bridgehead atoms. The van der Waals surface area contributed by atoms with Gasteiger partial charge in [0.05, 0.1) is 11.7 Å². The van der Waals surface area contributed by atoms with Crippen LogP contribution in [0.5, 0.6) is 11.5 Å². The summed E-state index contributed by atoms with van der Waals surface area (Å²) in [5.41, 5.74) is 6.70. The van der Waals surface area contributed by atoms with Gasteiger partial charge in [0.15, 0.2) is 5.84 Å². The summed E-state index contributed by atoms with van der Waals surface area (Å²) in [7, 11) is 0. The van der Waals surface area contributed by atoms with Crippen molar-refractivity contribution in [3.05, 3.63) is 60.6 Å². The summed E-state index contributed by atoms with van der Waals surface area (Å²) in [5, 5.41) is 12.4. The van der Waals surface area contributed by atoms with Crippen LogP contribution in [0.25, 0.3) is 10.9 Å². The second kappa shape index (κ2) is 5.46. The smallest absolute Gasteiger partial charge is 0.188 e. The Morgan fingerprint density at radius 2 is 2.00 bits per heavy atom. The van der Waals surface area contributed by atoms with E-state index in [0.717, 1.165) is 10.9 Å². The Balaban J connectivity index is 1.92. The minimum atomic E-state index is -0.0455. The quantitative estimate of drug-likeness (QED) is 0.333. The molecule has 0 unspecified atom stereocenters. The molecule has 0 aliphatic rings. The minimum absolute atomic E-state index is 0.0455. The largest absolute Gasteiger partial charge is 0.455 e. The second-order valence-electron chi connectivity index (χ2n) is 4.29. The Bertz CT molecular complexity index is 795. The molecule has 104 valence electrons. The molecule has 2 heterocycles. The van der Waals surface area contributed by atoms with Gasteiger partial charge in [0, 0.05) is 11.6 Å². The van der Waals surface area contributed by atoms with Gasteiger partial charge in [0.1, 0.15) is 17.2 Å². The maximum Gasteiger partial charge on any atom is 0.188 e. The third kappa shape index (κ3) is 2.59. The van der Waals surface area contributed by atoms with Gasteiger partial charge >= 0.3 is 0 Å². The molecule has 6 nitrogen and oxygen atoms in total. The highest BCUT2D eigenvalue weighted by molar-refractivity contribution is 5.95. The minimum Gasteiger partial charge on any atom is -0.455 e. The molecule has 0 radical (unpaired) electrons. The molecule has 3 aromatic rings. The molecule has 21 heavy (non-hydrogen) atoms. The van der Waals surface area contributed by atoms with E-state index in [2.05, 4.69) is 15.1 Å². The number of rotatable bonds is 3. The van der Waals surface area contributed by atoms with Crippen LogP contribution in [0, 0.1) is 0 Å². The Labute approximate surface area is 120 Å². The Morgan fingerprint density at radius 3 is 2.76 bits per heavy atom. The zero-order chi connectivity index (χ0) is 14.7. The summed E-state index contributed by atoms with van der Waals surface area (Å²) in [6.45, 7) is 0. The highest BCUT2D eigenvalue weighted by Crippen LogP contribution is 2.28. The van der Waals surface area contributed by atoms with Crippen molar-refractivity contribution in [1.29, 1.82) is 0 Å². The number of aromatic nitrogens is 2. The van der Waals surface area contributed by atoms with Gasteiger partial charge in [0.25, 0.3) is 0 Å². The van der Waals surface area contributed by atoms with Crippen molar-refractivity contribution in [3.8, 4) is 11.5 Å². The number of hydrogen-bond donors (Lipinski definition) is 2. The van der Waals surface area contributed by atoms with E-state index in [9.17, 15) is 0 Å². The van der Waals surface area contributed by atoms with Crippen molar-refractivity contribution in [2.24, 2.45) is 10.9 Å². The van der Waals surface area contributed by atoms with Crippen LogP contribution in [0.2, 0.25) is 0 Å². The molecule has 0 fully saturated rings. The molecule has 3 N–H and O–H groups in total. The van der Waals surface area contributed by atoms with Gasteiger partial charge in [0.2, 0.25) is 0 Å². The van der Waals surface area contributed by atoms with Gasteiger partial charge in [-0.05, 0) is 36.4 Å². The first kappa shape index (κ1) is 12.9. The first-order chi connectivity index (χ1) is 10.3. The maximum absolute atomic E-state index is 8.60. The van der Waals surface area contributed by atoms with Gasteiger partial charge in [-0.2, -0.15) is 0 Å². The van der Waals surface area contributed by atoms with Crippen LogP contribution in [0.1, 0.15) is 5.69 Å². The summed E-state index contributed by atoms with van der Waals surface area (Å²) in [6, 6.07) is 12.8. The normalized spacial score (nSPS) is 11.5. The van der Waals surface area contributed by atoms with Crippen LogP contribution >= 0.6 is 0 Å². The predicted molar refractivity (Wildman–Crippen MR) is 78.6 cm³/mol. The zero-order valence-corrected chi connectivity index (χ0v) is 11.0. The van der Waals surface area contributed by atoms with Crippen molar-refractivity contribution >= 4 is 16.7 Å². The molecule has 3 rings (SSSR count). The molecule has 6 heteroatoms. The van der Waals surface area contributed by atoms with E-state index in [0.29, 0.717) is 17.2 Å². The van der Waals surface area contributed by atoms with E-state index >= 15 is 0 Å². The number of oxime groups is 1. The Kier molecular flexibility index (Phi) is 3.34. The summed E-state index contributed by atoms with van der Waals surface area (Å²) in [5.74, 6) is 1.20. The molecule has 0 spiro atoms. The number of hydrogen-bond acceptors (Lipinski definition) is 5. The molecular formula is C15H12N4O2. The van der Waals surface area contributed by atoms with Crippen LogP contribution in [-0.4, -0.2) is 21.0 Å². The van der Waals surface area contributed by atoms with Crippen molar-refractivity contribution in [2.45, 2.75) is 0 Å². The average Bonchev–Trinajstić information content (AvgIpc) is 2.55. The first-order valence-electron chi connectivity index (χ1n) is 6.23. The number of benzene rings is 1. The third-order valence-electron chi connectivity index (χ3n) is 2.94. The van der Waals surface area contributed by atoms with Gasteiger partial charge in [-0.1, -0.05) is 11.2 Å². The molecular weight excluding hydrogens is 268 g/mol. The van der Waals surface area contributed by atoms with E-state index in [1.165, 1.54) is 6.20 Å². The number of pyridine rings is 2. The van der Waals surface area contributed by atoms with Crippen LogP contribution in [0.4, 0.5) is 0 Å². The fourth-order valence-corrected chi connectivity index (χ4v) is 1.93. The number of nitrogens with two attached hydrogens (primary N) is 1. The second-order valence-corrected chi connectivity index (χ2v) is 4.29. The lowest BCUT2D eigenvalue weighted by Crippen LogP contribution is -2.14. The number of amidine groups is 1. The van der Waals surface area contributed by atoms with Crippen molar-refractivity contribution in [1.82, 2.24) is 9.97 Å². The molecule has 1 aromatic carbocycles. The first-order valence-corrected chi connectivity index (χ1v) is 6.23. The van der Waals surface area contributed by atoms with E-state index in [1.807, 2.05) is 30.3 Å².